The molecule has 0 spiro atoms. The van der Waals surface area contributed by atoms with Gasteiger partial charge in [0, 0.05) is 11.4 Å². The molecule has 27 heavy (non-hydrogen) atoms. The summed E-state index contributed by atoms with van der Waals surface area (Å²) in [7, 11) is -3.00. The third-order valence-electron chi connectivity index (χ3n) is 4.58. The lowest BCUT2D eigenvalue weighted by Gasteiger charge is -2.11. The number of para-hydroxylation sites is 1. The average Bonchev–Trinajstić information content (AvgIpc) is 3.17. The Balaban J connectivity index is 1.56. The Morgan fingerprint density at radius 3 is 2.85 bits per heavy atom. The minimum atomic E-state index is -3.00. The van der Waals surface area contributed by atoms with Crippen molar-refractivity contribution in [1.82, 2.24) is 4.98 Å². The molecule has 1 saturated heterocycles. The van der Waals surface area contributed by atoms with Crippen LogP contribution in [0, 0.1) is 5.92 Å². The molecule has 6 nitrogen and oxygen atoms in total. The SMILES string of the molecule is O=C(CC1CCS(=O)(=O)C1)Nc1ccccc1-c1nc2cc(Cl)ccc2o1. The highest BCUT2D eigenvalue weighted by Crippen LogP contribution is 2.31. The van der Waals surface area contributed by atoms with E-state index >= 15 is 0 Å². The van der Waals surface area contributed by atoms with Crippen LogP contribution in [-0.2, 0) is 14.6 Å². The number of oxazole rings is 1. The quantitative estimate of drug-likeness (QED) is 0.712. The first-order valence-corrected chi connectivity index (χ1v) is 10.8. The van der Waals surface area contributed by atoms with Crippen molar-refractivity contribution >= 4 is 44.1 Å². The van der Waals surface area contributed by atoms with Gasteiger partial charge in [-0.25, -0.2) is 13.4 Å². The predicted molar refractivity (Wildman–Crippen MR) is 104 cm³/mol. The van der Waals surface area contributed by atoms with E-state index in [1.54, 1.807) is 30.3 Å². The summed E-state index contributed by atoms with van der Waals surface area (Å²) in [5.74, 6) is 0.268. The molecule has 1 atom stereocenters. The number of nitrogens with one attached hydrogen (secondary N) is 1. The summed E-state index contributed by atoms with van der Waals surface area (Å²) in [5, 5.41) is 3.42. The Labute approximate surface area is 161 Å². The summed E-state index contributed by atoms with van der Waals surface area (Å²) in [6.45, 7) is 0. The van der Waals surface area contributed by atoms with Crippen molar-refractivity contribution in [3.05, 3.63) is 47.5 Å². The third-order valence-corrected chi connectivity index (χ3v) is 6.65. The molecule has 1 aliphatic rings. The van der Waals surface area contributed by atoms with Gasteiger partial charge in [-0.05, 0) is 42.7 Å². The highest BCUT2D eigenvalue weighted by molar-refractivity contribution is 7.91. The van der Waals surface area contributed by atoms with E-state index in [9.17, 15) is 13.2 Å². The zero-order valence-corrected chi connectivity index (χ0v) is 15.9. The van der Waals surface area contributed by atoms with Crippen LogP contribution in [0.1, 0.15) is 12.8 Å². The maximum absolute atomic E-state index is 12.4. The molecule has 0 radical (unpaired) electrons. The molecule has 1 amide bonds. The number of benzene rings is 2. The lowest BCUT2D eigenvalue weighted by Crippen LogP contribution is -2.17. The van der Waals surface area contributed by atoms with Crippen molar-refractivity contribution in [3.63, 3.8) is 0 Å². The van der Waals surface area contributed by atoms with Crippen molar-refractivity contribution in [2.24, 2.45) is 5.92 Å². The number of nitrogens with zero attached hydrogens (tertiary/aromatic N) is 1. The molecule has 2 aromatic carbocycles. The summed E-state index contributed by atoms with van der Waals surface area (Å²) in [4.78, 5) is 16.9. The number of carbonyl (C=O) groups excluding carboxylic acids is 1. The van der Waals surface area contributed by atoms with Crippen LogP contribution in [0.2, 0.25) is 5.02 Å². The molecular weight excluding hydrogens is 388 g/mol. The van der Waals surface area contributed by atoms with E-state index < -0.39 is 9.84 Å². The molecule has 0 saturated carbocycles. The van der Waals surface area contributed by atoms with Gasteiger partial charge in [-0.15, -0.1) is 0 Å². The first-order valence-electron chi connectivity index (χ1n) is 8.55. The lowest BCUT2D eigenvalue weighted by atomic mass is 10.0. The number of carbonyl (C=O) groups is 1. The molecular formula is C19H17ClN2O4S. The van der Waals surface area contributed by atoms with Gasteiger partial charge in [0.2, 0.25) is 11.8 Å². The van der Waals surface area contributed by atoms with E-state index in [1.165, 1.54) is 0 Å². The van der Waals surface area contributed by atoms with Crippen molar-refractivity contribution < 1.29 is 17.6 Å². The number of fused-ring (bicyclic) bond motifs is 1. The zero-order chi connectivity index (χ0) is 19.0. The average molecular weight is 405 g/mol. The van der Waals surface area contributed by atoms with E-state index in [0.29, 0.717) is 39.7 Å². The van der Waals surface area contributed by atoms with Crippen molar-refractivity contribution in [3.8, 4) is 11.5 Å². The Morgan fingerprint density at radius 2 is 2.07 bits per heavy atom. The monoisotopic (exact) mass is 404 g/mol. The largest absolute Gasteiger partial charge is 0.436 e. The second-order valence-corrected chi connectivity index (χ2v) is 9.36. The van der Waals surface area contributed by atoms with Crippen LogP contribution in [0.4, 0.5) is 5.69 Å². The molecule has 0 aliphatic carbocycles. The molecule has 1 fully saturated rings. The lowest BCUT2D eigenvalue weighted by molar-refractivity contribution is -0.116. The topological polar surface area (TPSA) is 89.3 Å². The number of rotatable bonds is 4. The fourth-order valence-electron chi connectivity index (χ4n) is 3.29. The number of hydrogen-bond donors (Lipinski definition) is 1. The number of sulfone groups is 1. The minimum absolute atomic E-state index is 0.0773. The Bertz CT molecular complexity index is 1120. The maximum Gasteiger partial charge on any atom is 0.229 e. The van der Waals surface area contributed by atoms with Crippen LogP contribution in [-0.4, -0.2) is 30.8 Å². The Kier molecular flexibility index (Phi) is 4.65. The highest BCUT2D eigenvalue weighted by Gasteiger charge is 2.29. The van der Waals surface area contributed by atoms with Gasteiger partial charge < -0.3 is 9.73 Å². The van der Waals surface area contributed by atoms with Crippen molar-refractivity contribution in [2.45, 2.75) is 12.8 Å². The summed E-state index contributed by atoms with van der Waals surface area (Å²) in [5.41, 5.74) is 2.46. The van der Waals surface area contributed by atoms with Gasteiger partial charge in [-0.1, -0.05) is 23.7 Å². The van der Waals surface area contributed by atoms with E-state index in [-0.39, 0.29) is 29.8 Å². The first kappa shape index (κ1) is 18.0. The van der Waals surface area contributed by atoms with Crippen molar-refractivity contribution in [2.75, 3.05) is 16.8 Å². The van der Waals surface area contributed by atoms with Crippen LogP contribution in [0.5, 0.6) is 0 Å². The summed E-state index contributed by atoms with van der Waals surface area (Å²) >= 11 is 5.99. The minimum Gasteiger partial charge on any atom is -0.436 e. The van der Waals surface area contributed by atoms with Crippen LogP contribution in [0.3, 0.4) is 0 Å². The molecule has 1 aromatic heterocycles. The van der Waals surface area contributed by atoms with Crippen LogP contribution in [0.25, 0.3) is 22.6 Å². The number of anilines is 1. The van der Waals surface area contributed by atoms with Gasteiger partial charge in [0.25, 0.3) is 0 Å². The normalized spacial score (nSPS) is 18.6. The molecule has 1 aliphatic heterocycles. The Hall–Kier alpha value is -2.38. The van der Waals surface area contributed by atoms with Crippen molar-refractivity contribution in [1.29, 1.82) is 0 Å². The number of halogens is 1. The summed E-state index contributed by atoms with van der Waals surface area (Å²) < 4.78 is 28.9. The Morgan fingerprint density at radius 1 is 1.26 bits per heavy atom. The molecule has 3 aromatic rings. The number of amides is 1. The third kappa shape index (κ3) is 3.99. The molecule has 2 heterocycles. The smallest absolute Gasteiger partial charge is 0.229 e. The van der Waals surface area contributed by atoms with E-state index in [1.807, 2.05) is 12.1 Å². The van der Waals surface area contributed by atoms with Crippen LogP contribution >= 0.6 is 11.6 Å². The fourth-order valence-corrected chi connectivity index (χ4v) is 5.32. The second kappa shape index (κ2) is 6.98. The molecule has 1 N–H and O–H groups in total. The zero-order valence-electron chi connectivity index (χ0n) is 14.3. The van der Waals surface area contributed by atoms with E-state index in [4.69, 9.17) is 16.0 Å². The van der Waals surface area contributed by atoms with E-state index in [2.05, 4.69) is 10.3 Å². The van der Waals surface area contributed by atoms with E-state index in [0.717, 1.165) is 0 Å². The summed E-state index contributed by atoms with van der Waals surface area (Å²) in [6, 6.07) is 12.4. The molecule has 0 bridgehead atoms. The molecule has 8 heteroatoms. The highest BCUT2D eigenvalue weighted by atomic mass is 35.5. The van der Waals surface area contributed by atoms with Crippen LogP contribution in [0.15, 0.2) is 46.9 Å². The number of hydrogen-bond acceptors (Lipinski definition) is 5. The molecule has 4 rings (SSSR count). The standard InChI is InChI=1S/C19H17ClN2O4S/c20-13-5-6-17-16(10-13)22-19(26-17)14-3-1-2-4-15(14)21-18(23)9-12-7-8-27(24,25)11-12/h1-6,10,12H,7-9,11H2,(H,21,23). The first-order chi connectivity index (χ1) is 12.9. The maximum atomic E-state index is 12.4. The van der Waals surface area contributed by atoms with Crippen LogP contribution < -0.4 is 5.32 Å². The summed E-state index contributed by atoms with van der Waals surface area (Å²) in [6.07, 6.45) is 0.708. The van der Waals surface area contributed by atoms with Gasteiger partial charge >= 0.3 is 0 Å². The molecule has 1 unspecified atom stereocenters. The fraction of sp³-hybridized carbons (Fsp3) is 0.263. The second-order valence-electron chi connectivity index (χ2n) is 6.70. The predicted octanol–water partition coefficient (Wildman–Crippen LogP) is 3.91. The van der Waals surface area contributed by atoms with Gasteiger partial charge in [0.1, 0.15) is 5.52 Å². The number of aromatic nitrogens is 1. The van der Waals surface area contributed by atoms with Gasteiger partial charge in [-0.3, -0.25) is 4.79 Å². The van der Waals surface area contributed by atoms with Gasteiger partial charge in [-0.2, -0.15) is 0 Å². The molecule has 140 valence electrons. The van der Waals surface area contributed by atoms with Gasteiger partial charge in [0.15, 0.2) is 15.4 Å². The van der Waals surface area contributed by atoms with Gasteiger partial charge in [0.05, 0.1) is 22.8 Å².